The van der Waals surface area contributed by atoms with Crippen LogP contribution in [0.4, 0.5) is 0 Å². The van der Waals surface area contributed by atoms with Crippen LogP contribution in [0, 0.1) is 6.92 Å². The van der Waals surface area contributed by atoms with Gasteiger partial charge in [0.25, 0.3) is 0 Å². The van der Waals surface area contributed by atoms with Crippen molar-refractivity contribution >= 4 is 32.3 Å². The van der Waals surface area contributed by atoms with E-state index in [1.807, 2.05) is 6.07 Å². The zero-order chi connectivity index (χ0) is 14.8. The molecule has 22 heavy (non-hydrogen) atoms. The summed E-state index contributed by atoms with van der Waals surface area (Å²) in [5.41, 5.74) is 4.41. The van der Waals surface area contributed by atoms with E-state index in [0.29, 0.717) is 5.75 Å². The van der Waals surface area contributed by atoms with Crippen molar-refractivity contribution in [1.29, 1.82) is 0 Å². The number of aryl methyl sites for hydroxylation is 3. The van der Waals surface area contributed by atoms with Crippen LogP contribution in [0.15, 0.2) is 48.5 Å². The number of fused-ring (bicyclic) bond motifs is 4. The second-order valence-electron chi connectivity index (χ2n) is 6.35. The van der Waals surface area contributed by atoms with Crippen molar-refractivity contribution in [3.63, 3.8) is 0 Å². The van der Waals surface area contributed by atoms with Crippen LogP contribution in [0.2, 0.25) is 0 Å². The van der Waals surface area contributed by atoms with Gasteiger partial charge in [0.15, 0.2) is 0 Å². The molecular formula is C21H16O. The van der Waals surface area contributed by atoms with Gasteiger partial charge in [-0.15, -0.1) is 0 Å². The van der Waals surface area contributed by atoms with E-state index in [-0.39, 0.29) is 0 Å². The van der Waals surface area contributed by atoms with Crippen molar-refractivity contribution < 1.29 is 5.11 Å². The van der Waals surface area contributed by atoms with Crippen molar-refractivity contribution in [1.82, 2.24) is 0 Å². The van der Waals surface area contributed by atoms with E-state index >= 15 is 0 Å². The van der Waals surface area contributed by atoms with E-state index in [1.54, 1.807) is 6.07 Å². The summed E-state index contributed by atoms with van der Waals surface area (Å²) < 4.78 is 0. The zero-order valence-electron chi connectivity index (χ0n) is 12.5. The van der Waals surface area contributed by atoms with Crippen LogP contribution >= 0.6 is 0 Å². The molecule has 0 heterocycles. The third-order valence-electron chi connectivity index (χ3n) is 5.21. The molecule has 1 heteroatoms. The molecule has 0 atom stereocenters. The molecule has 0 aliphatic heterocycles. The number of hydrogen-bond acceptors (Lipinski definition) is 1. The van der Waals surface area contributed by atoms with Gasteiger partial charge in [0.2, 0.25) is 0 Å². The van der Waals surface area contributed by atoms with Gasteiger partial charge >= 0.3 is 0 Å². The Labute approximate surface area is 128 Å². The van der Waals surface area contributed by atoms with Crippen molar-refractivity contribution in [2.75, 3.05) is 0 Å². The molecule has 1 aliphatic rings. The lowest BCUT2D eigenvalue weighted by atomic mass is 9.93. The Bertz CT molecular complexity index is 1090. The summed E-state index contributed by atoms with van der Waals surface area (Å²) in [5.74, 6) is 0.362. The summed E-state index contributed by atoms with van der Waals surface area (Å²) in [4.78, 5) is 0. The Morgan fingerprint density at radius 3 is 2.50 bits per heavy atom. The predicted octanol–water partition coefficient (Wildman–Crippen LogP) is 5.26. The molecule has 0 saturated carbocycles. The first-order valence-corrected chi connectivity index (χ1v) is 7.82. The van der Waals surface area contributed by atoms with Crippen LogP contribution in [-0.4, -0.2) is 5.11 Å². The molecule has 0 unspecified atom stereocenters. The van der Waals surface area contributed by atoms with Crippen molar-refractivity contribution in [3.05, 3.63) is 65.2 Å². The molecule has 0 saturated heterocycles. The van der Waals surface area contributed by atoms with E-state index in [9.17, 15) is 5.11 Å². The molecule has 106 valence electrons. The molecular weight excluding hydrogens is 268 g/mol. The molecule has 0 spiro atoms. The predicted molar refractivity (Wildman–Crippen MR) is 92.8 cm³/mol. The molecule has 0 bridgehead atoms. The van der Waals surface area contributed by atoms with E-state index < -0.39 is 0 Å². The smallest absolute Gasteiger partial charge is 0.123 e. The number of aromatic hydroxyl groups is 1. The Morgan fingerprint density at radius 2 is 1.59 bits per heavy atom. The van der Waals surface area contributed by atoms with Crippen LogP contribution in [0.25, 0.3) is 32.3 Å². The third kappa shape index (κ3) is 1.38. The van der Waals surface area contributed by atoms with Gasteiger partial charge in [0.1, 0.15) is 5.75 Å². The minimum atomic E-state index is 0.362. The van der Waals surface area contributed by atoms with Gasteiger partial charge in [-0.25, -0.2) is 0 Å². The number of rotatable bonds is 0. The fourth-order valence-electron chi connectivity index (χ4n) is 4.15. The molecule has 0 radical (unpaired) electrons. The Kier molecular flexibility index (Phi) is 2.20. The quantitative estimate of drug-likeness (QED) is 0.345. The van der Waals surface area contributed by atoms with Gasteiger partial charge in [-0.1, -0.05) is 36.4 Å². The lowest BCUT2D eigenvalue weighted by Crippen LogP contribution is -1.86. The molecule has 5 rings (SSSR count). The number of phenolic OH excluding ortho intramolecular Hbond substituents is 1. The second kappa shape index (κ2) is 4.01. The summed E-state index contributed by atoms with van der Waals surface area (Å²) in [6.45, 7) is 2.21. The van der Waals surface area contributed by atoms with E-state index in [2.05, 4.69) is 43.3 Å². The van der Waals surface area contributed by atoms with Crippen molar-refractivity contribution in [2.24, 2.45) is 0 Å². The normalized spacial score (nSPS) is 13.5. The Balaban J connectivity index is 2.07. The third-order valence-corrected chi connectivity index (χ3v) is 5.21. The molecule has 1 N–H and O–H groups in total. The van der Waals surface area contributed by atoms with Gasteiger partial charge in [-0.2, -0.15) is 0 Å². The summed E-state index contributed by atoms with van der Waals surface area (Å²) in [5, 5.41) is 17.6. The summed E-state index contributed by atoms with van der Waals surface area (Å²) in [6, 6.07) is 16.8. The van der Waals surface area contributed by atoms with Crippen LogP contribution in [0.3, 0.4) is 0 Å². The first-order chi connectivity index (χ1) is 10.7. The van der Waals surface area contributed by atoms with E-state index in [0.717, 1.165) is 23.6 Å². The van der Waals surface area contributed by atoms with Crippen LogP contribution in [0.5, 0.6) is 5.75 Å². The Hall–Kier alpha value is -2.54. The lowest BCUT2D eigenvalue weighted by Gasteiger charge is -2.11. The van der Waals surface area contributed by atoms with Crippen molar-refractivity contribution in [3.8, 4) is 5.75 Å². The largest absolute Gasteiger partial charge is 0.507 e. The van der Waals surface area contributed by atoms with Gasteiger partial charge in [0.05, 0.1) is 0 Å². The maximum Gasteiger partial charge on any atom is 0.123 e. The van der Waals surface area contributed by atoms with Crippen LogP contribution < -0.4 is 0 Å². The summed E-state index contributed by atoms with van der Waals surface area (Å²) in [6.07, 6.45) is 2.27. The van der Waals surface area contributed by atoms with E-state index in [1.165, 1.54) is 38.2 Å². The monoisotopic (exact) mass is 284 g/mol. The highest BCUT2D eigenvalue weighted by Gasteiger charge is 2.19. The SMILES string of the molecule is Cc1ccc2cc3c(ccc4c(O)cccc43)c3c2c1CC3. The fraction of sp³-hybridized carbons (Fsp3) is 0.143. The zero-order valence-corrected chi connectivity index (χ0v) is 12.5. The first-order valence-electron chi connectivity index (χ1n) is 7.82. The van der Waals surface area contributed by atoms with Gasteiger partial charge in [0, 0.05) is 5.39 Å². The number of phenols is 1. The van der Waals surface area contributed by atoms with Gasteiger partial charge < -0.3 is 5.11 Å². The molecule has 1 aliphatic carbocycles. The summed E-state index contributed by atoms with van der Waals surface area (Å²) >= 11 is 0. The van der Waals surface area contributed by atoms with Gasteiger partial charge in [-0.05, 0) is 75.5 Å². The standard InChI is InChI=1S/C21H16O/c1-12-5-6-13-11-19-15-3-2-4-20(22)17(15)9-8-16(19)18-10-7-14(12)21(13)18/h2-6,8-9,11,22H,7,10H2,1H3. The highest BCUT2D eigenvalue weighted by atomic mass is 16.3. The van der Waals surface area contributed by atoms with E-state index in [4.69, 9.17) is 0 Å². The maximum atomic E-state index is 10.1. The second-order valence-corrected chi connectivity index (χ2v) is 6.35. The molecule has 1 nitrogen and oxygen atoms in total. The highest BCUT2D eigenvalue weighted by Crippen LogP contribution is 2.41. The molecule has 0 aromatic heterocycles. The average Bonchev–Trinajstić information content (AvgIpc) is 2.98. The first kappa shape index (κ1) is 12.0. The number of benzene rings is 4. The van der Waals surface area contributed by atoms with Crippen LogP contribution in [0.1, 0.15) is 16.7 Å². The average molecular weight is 284 g/mol. The topological polar surface area (TPSA) is 20.2 Å². The fourth-order valence-corrected chi connectivity index (χ4v) is 4.15. The number of hydrogen-bond donors (Lipinski definition) is 1. The maximum absolute atomic E-state index is 10.1. The van der Waals surface area contributed by atoms with Crippen LogP contribution in [-0.2, 0) is 12.8 Å². The summed E-state index contributed by atoms with van der Waals surface area (Å²) in [7, 11) is 0. The van der Waals surface area contributed by atoms with Crippen molar-refractivity contribution in [2.45, 2.75) is 19.8 Å². The lowest BCUT2D eigenvalue weighted by molar-refractivity contribution is 0.481. The molecule has 4 aromatic carbocycles. The molecule has 0 fully saturated rings. The minimum absolute atomic E-state index is 0.362. The highest BCUT2D eigenvalue weighted by molar-refractivity contribution is 6.16. The van der Waals surface area contributed by atoms with Gasteiger partial charge in [-0.3, -0.25) is 0 Å². The molecule has 0 amide bonds. The molecule has 4 aromatic rings. The minimum Gasteiger partial charge on any atom is -0.507 e. The Morgan fingerprint density at radius 1 is 0.773 bits per heavy atom.